The third-order valence-corrected chi connectivity index (χ3v) is 25.4. The Balaban J connectivity index is 0.000000636. The summed E-state index contributed by atoms with van der Waals surface area (Å²) in [5.74, 6) is -6.41. The molecule has 8 aromatic carbocycles. The summed E-state index contributed by atoms with van der Waals surface area (Å²) in [6.45, 7) is 39.1. The fourth-order valence-electron chi connectivity index (χ4n) is 14.2. The Kier molecular flexibility index (Phi) is 62.7. The standard InChI is InChI=1S/C26H30N2O6.C25H34N2O8P2.C24H31N2O5P.2C15H20O6P.2Y/c1-3-19-5-9-21(10-6-19)15-27(16-22-11-7-20(4-2)8-12-22)14-13-23(26(33)34)28(17-24(29)30)18-25(31)32;1-3-20-5-9-22(10-6-20)17-26(18-23-11-7-21(4-2)8-12-23)14-13-24(25(28)29)27(19-37(33,34)35)15-16-36(30,31)32;1-4-19-6-10-21(11-7-19)16-26(17-22-12-8-20(5-2)9-13-22)15-14-23(24(27)28)25(3)18-32(29,30)31;2*1-11(2)15(16)21-8-4-7-20-14-6-5-12(3)9-13(14)10-22(17,18)19;;/h3-12,23H,1-2,13-18H2,(H,29,30)(H,31,32)(H,33,34);3-12,24H,1-2,13-19H2,(H,28,29)(H2,30,31,32)(H2,33,34,35);4-13,23H,1-2,14-18H2,3H3,(H,27,28)(H2,29,30,31);2*4-6,9H,1,7-8,10H2,2-3H3,(H2,17,18,19);;/q;;;2*-1;;. The molecule has 0 saturated heterocycles. The Morgan fingerprint density at radius 2 is 0.604 bits per heavy atom. The molecule has 0 aliphatic carbocycles. The van der Waals surface area contributed by atoms with Crippen LogP contribution < -0.4 is 9.47 Å². The first-order chi connectivity index (χ1) is 69.0. The maximum Gasteiger partial charge on any atom is 0.339 e. The minimum atomic E-state index is -4.69. The summed E-state index contributed by atoms with van der Waals surface area (Å²) in [4.78, 5) is 182. The van der Waals surface area contributed by atoms with Crippen molar-refractivity contribution in [2.75, 3.05) is 91.5 Å². The van der Waals surface area contributed by atoms with E-state index in [-0.39, 0.29) is 130 Å². The molecular weight excluding hydrogens is 2170 g/mol. The molecule has 0 saturated carbocycles. The van der Waals surface area contributed by atoms with Crippen molar-refractivity contribution in [1.82, 2.24) is 29.4 Å². The van der Waals surface area contributed by atoms with Crippen LogP contribution in [0, 0.1) is 26.7 Å². The van der Waals surface area contributed by atoms with E-state index < -0.39 is 136 Å². The van der Waals surface area contributed by atoms with Crippen molar-refractivity contribution < 1.29 is 215 Å². The number of carbonyl (C=O) groups excluding carboxylic acids is 2. The zero-order valence-electron chi connectivity index (χ0n) is 84.1. The van der Waals surface area contributed by atoms with Gasteiger partial charge in [0.25, 0.3) is 0 Å². The number of hydrogen-bond acceptors (Lipinski definition) is 22. The molecule has 0 aliphatic rings. The van der Waals surface area contributed by atoms with E-state index >= 15 is 0 Å². The summed E-state index contributed by atoms with van der Waals surface area (Å²) in [5.41, 5.74) is 15.4. The minimum Gasteiger partial charge on any atom is -0.525 e. The zero-order valence-corrected chi connectivity index (χ0v) is 94.3. The molecule has 2 radical (unpaired) electrons. The third kappa shape index (κ3) is 58.6. The summed E-state index contributed by atoms with van der Waals surface area (Å²) in [6, 6.07) is 53.7. The SMILES string of the molecule is C=C(C)C(=O)OC[CH-]COc1ccc(C)cc1CP(=O)(O)O.C=C(C)C(=O)OC[CH-]COc1ccc(C)cc1CP(=O)(O)O.C=Cc1ccc(CN(CCC(C(=O)O)N(C)CP(=O)(O)O)Cc2ccc(C=C)cc2)cc1.C=Cc1ccc(CN(CCC(C(=O)O)N(CC(=O)O)CC(=O)O)Cc2ccc(C=C)cc2)cc1.C=Cc1ccc(CN(CCC(C(=O)O)N(CCP(=O)(O)O)CP(=O)(O)O)Cc2ccc(C=C)cc2)cc1.[Y].[Y]. The summed E-state index contributed by atoms with van der Waals surface area (Å²) < 4.78 is 77.3. The molecule has 0 fully saturated rings. The number of nitrogens with zero attached hydrogens (tertiary/aromatic N) is 6. The van der Waals surface area contributed by atoms with Gasteiger partial charge in [-0.25, -0.2) is 9.59 Å². The number of rotatable bonds is 60. The number of carbonyl (C=O) groups is 7. The van der Waals surface area contributed by atoms with Crippen molar-refractivity contribution >= 4 is 116 Å². The molecular formula is C105H135N6O31P5Y2-2. The Morgan fingerprint density at radius 1 is 0.349 bits per heavy atom. The monoisotopic (exact) mass is 2310 g/mol. The van der Waals surface area contributed by atoms with Crippen molar-refractivity contribution in [2.45, 2.75) is 117 Å². The molecule has 0 bridgehead atoms. The molecule has 8 rings (SSSR count). The number of hydrogen-bond donors (Lipinski definition) is 15. The average molecular weight is 2310 g/mol. The molecule has 804 valence electrons. The molecule has 0 amide bonds. The van der Waals surface area contributed by atoms with Gasteiger partial charge in [-0.15, -0.1) is 0 Å². The van der Waals surface area contributed by atoms with Gasteiger partial charge in [-0.05, 0) is 159 Å². The number of aryl methyl sites for hydroxylation is 2. The van der Waals surface area contributed by atoms with Crippen LogP contribution in [-0.4, -0.2) is 255 Å². The van der Waals surface area contributed by atoms with E-state index in [0.29, 0.717) is 86.1 Å². The maximum absolute atomic E-state index is 12.1. The fourth-order valence-corrected chi connectivity index (χ4v) is 17.7. The Hall–Kier alpha value is -9.71. The molecule has 0 heterocycles. The number of esters is 2. The van der Waals surface area contributed by atoms with Crippen LogP contribution in [0.1, 0.15) is 122 Å². The largest absolute Gasteiger partial charge is 0.525 e. The van der Waals surface area contributed by atoms with Gasteiger partial charge in [-0.3, -0.25) is 89.0 Å². The molecule has 15 N–H and O–H groups in total. The van der Waals surface area contributed by atoms with E-state index in [1.165, 1.54) is 11.9 Å². The van der Waals surface area contributed by atoms with Crippen LogP contribution >= 0.6 is 38.0 Å². The predicted octanol–water partition coefficient (Wildman–Crippen LogP) is 15.4. The van der Waals surface area contributed by atoms with E-state index in [4.69, 9.17) is 48.7 Å². The van der Waals surface area contributed by atoms with Gasteiger partial charge < -0.3 is 93.4 Å². The number of ether oxygens (including phenoxy) is 4. The first kappa shape index (κ1) is 135. The summed E-state index contributed by atoms with van der Waals surface area (Å²) >= 11 is 0. The zero-order chi connectivity index (χ0) is 110. The Labute approximate surface area is 920 Å². The number of benzene rings is 8. The van der Waals surface area contributed by atoms with E-state index in [9.17, 15) is 101 Å². The molecule has 37 nitrogen and oxygen atoms in total. The number of carboxylic acids is 5. The Bertz CT molecular complexity index is 5660. The predicted molar refractivity (Wildman–Crippen MR) is 567 cm³/mol. The van der Waals surface area contributed by atoms with Gasteiger partial charge in [-0.2, -0.15) is 0 Å². The fraction of sp³-hybridized carbons (Fsp3) is 0.305. The molecule has 8 aromatic rings. The molecule has 0 aliphatic heterocycles. The van der Waals surface area contributed by atoms with E-state index in [2.05, 4.69) is 62.4 Å². The van der Waals surface area contributed by atoms with Crippen molar-refractivity contribution in [2.24, 2.45) is 0 Å². The van der Waals surface area contributed by atoms with Crippen LogP contribution in [0.4, 0.5) is 0 Å². The van der Waals surface area contributed by atoms with Gasteiger partial charge in [0.2, 0.25) is 0 Å². The van der Waals surface area contributed by atoms with Crippen molar-refractivity contribution in [3.63, 3.8) is 0 Å². The summed E-state index contributed by atoms with van der Waals surface area (Å²) in [5, 5.41) is 47.4. The average Bonchev–Trinajstić information content (AvgIpc) is 0.856. The Morgan fingerprint density at radius 3 is 0.826 bits per heavy atom. The third-order valence-electron chi connectivity index (χ3n) is 21.5. The second-order valence-electron chi connectivity index (χ2n) is 34.3. The van der Waals surface area contributed by atoms with Gasteiger partial charge in [0, 0.05) is 153 Å². The minimum absolute atomic E-state index is 0. The van der Waals surface area contributed by atoms with Crippen LogP contribution in [0.25, 0.3) is 36.5 Å². The van der Waals surface area contributed by atoms with Crippen LogP contribution in [0.5, 0.6) is 11.5 Å². The maximum atomic E-state index is 12.1. The number of aliphatic carboxylic acids is 5. The second kappa shape index (κ2) is 69.0. The van der Waals surface area contributed by atoms with Crippen LogP contribution in [-0.2, 0) is 183 Å². The second-order valence-corrected chi connectivity index (χ2v) is 42.6. The number of likely N-dealkylation sites (N-methyl/N-ethyl adjacent to an activating group) is 1. The molecule has 3 unspecified atom stereocenters. The van der Waals surface area contributed by atoms with Gasteiger partial charge >= 0.3 is 79.8 Å². The topological polar surface area (TPSA) is 565 Å². The molecule has 44 heteroatoms. The van der Waals surface area contributed by atoms with Crippen LogP contribution in [0.2, 0.25) is 0 Å². The van der Waals surface area contributed by atoms with Crippen molar-refractivity contribution in [1.29, 1.82) is 0 Å². The molecule has 149 heavy (non-hydrogen) atoms. The summed E-state index contributed by atoms with van der Waals surface area (Å²) in [7, 11) is -20.5. The summed E-state index contributed by atoms with van der Waals surface area (Å²) in [6.07, 6.45) is 11.0. The van der Waals surface area contributed by atoms with Crippen molar-refractivity contribution in [3.05, 3.63) is 348 Å². The van der Waals surface area contributed by atoms with E-state index in [0.717, 1.165) is 87.7 Å². The first-order valence-corrected chi connectivity index (χ1v) is 54.7. The van der Waals surface area contributed by atoms with E-state index in [1.54, 1.807) is 99.5 Å². The normalized spacial score (nSPS) is 11.9. The van der Waals surface area contributed by atoms with Crippen LogP contribution in [0.3, 0.4) is 0 Å². The van der Waals surface area contributed by atoms with Crippen molar-refractivity contribution in [3.8, 4) is 11.5 Å². The number of carboxylic acid groups (broad SMARTS) is 5. The molecule has 3 atom stereocenters. The van der Waals surface area contributed by atoms with Gasteiger partial charge in [0.1, 0.15) is 42.2 Å². The molecule has 0 spiro atoms. The smallest absolute Gasteiger partial charge is 0.339 e. The quantitative estimate of drug-likeness (QED) is 0.00553. The van der Waals surface area contributed by atoms with Crippen LogP contribution in [0.15, 0.2) is 246 Å². The van der Waals surface area contributed by atoms with Gasteiger partial charge in [-0.1, -0.05) is 270 Å². The van der Waals surface area contributed by atoms with E-state index in [1.807, 2.05) is 164 Å². The molecule has 0 aromatic heterocycles. The first-order valence-electron chi connectivity index (χ1n) is 45.7. The van der Waals surface area contributed by atoms with Gasteiger partial charge in [0.15, 0.2) is 0 Å². The van der Waals surface area contributed by atoms with Gasteiger partial charge in [0.05, 0.1) is 31.6 Å².